The molecule has 3 rings (SSSR count). The van der Waals surface area contributed by atoms with E-state index in [2.05, 4.69) is 29.3 Å². The highest BCUT2D eigenvalue weighted by atomic mass is 32.1. The van der Waals surface area contributed by atoms with Crippen LogP contribution < -0.4 is 10.2 Å². The zero-order chi connectivity index (χ0) is 16.9. The molecule has 0 bridgehead atoms. The van der Waals surface area contributed by atoms with Crippen molar-refractivity contribution in [2.24, 2.45) is 0 Å². The second kappa shape index (κ2) is 7.73. The molecule has 0 aliphatic carbocycles. The lowest BCUT2D eigenvalue weighted by Crippen LogP contribution is -3.13. The Morgan fingerprint density at radius 2 is 1.79 bits per heavy atom. The molecular weight excluding hydrogens is 321 g/mol. The van der Waals surface area contributed by atoms with E-state index in [1.165, 1.54) is 16.5 Å². The van der Waals surface area contributed by atoms with Gasteiger partial charge < -0.3 is 15.1 Å². The van der Waals surface area contributed by atoms with Crippen LogP contribution in [0.5, 0.6) is 0 Å². The van der Waals surface area contributed by atoms with Crippen LogP contribution in [0.25, 0.3) is 0 Å². The molecule has 0 radical (unpaired) electrons. The summed E-state index contributed by atoms with van der Waals surface area (Å²) >= 11 is 5.52. The fourth-order valence-corrected chi connectivity index (χ4v) is 3.25. The van der Waals surface area contributed by atoms with Gasteiger partial charge in [-0.2, -0.15) is 0 Å². The Hall–Kier alpha value is -1.98. The Balaban J connectivity index is 1.50. The quantitative estimate of drug-likeness (QED) is 0.833. The summed E-state index contributed by atoms with van der Waals surface area (Å²) in [6, 6.07) is 15.3. The molecule has 5 heteroatoms. The average Bonchev–Trinajstić information content (AvgIpc) is 2.59. The maximum atomic E-state index is 13.8. The molecule has 3 nitrogen and oxygen atoms in total. The largest absolute Gasteiger partial charge is 0.338 e. The van der Waals surface area contributed by atoms with Gasteiger partial charge in [-0.15, -0.1) is 0 Å². The predicted octanol–water partition coefficient (Wildman–Crippen LogP) is 2.23. The van der Waals surface area contributed by atoms with Gasteiger partial charge in [-0.05, 0) is 37.3 Å². The molecule has 2 N–H and O–H groups in total. The Morgan fingerprint density at radius 1 is 1.12 bits per heavy atom. The first-order valence-corrected chi connectivity index (χ1v) is 8.72. The maximum Gasteiger partial charge on any atom is 0.173 e. The van der Waals surface area contributed by atoms with Crippen molar-refractivity contribution in [1.82, 2.24) is 4.90 Å². The van der Waals surface area contributed by atoms with E-state index in [1.54, 1.807) is 6.07 Å². The van der Waals surface area contributed by atoms with E-state index >= 15 is 0 Å². The molecule has 1 aliphatic heterocycles. The van der Waals surface area contributed by atoms with Crippen LogP contribution in [0.1, 0.15) is 11.1 Å². The molecular formula is C19H23FN3S+. The minimum Gasteiger partial charge on any atom is -0.338 e. The van der Waals surface area contributed by atoms with Crippen molar-refractivity contribution in [2.75, 3.05) is 31.5 Å². The SMILES string of the molecule is Cc1ccc(NC(=S)N2CC[NH+](Cc3ccccc3F)CC2)cc1. The predicted molar refractivity (Wildman–Crippen MR) is 99.8 cm³/mol. The number of hydrogen-bond acceptors (Lipinski definition) is 1. The first-order valence-electron chi connectivity index (χ1n) is 8.31. The van der Waals surface area contributed by atoms with Gasteiger partial charge in [0.15, 0.2) is 5.11 Å². The number of benzene rings is 2. The molecule has 0 unspecified atom stereocenters. The third-order valence-corrected chi connectivity index (χ3v) is 4.82. The first kappa shape index (κ1) is 16.9. The van der Waals surface area contributed by atoms with Crippen molar-refractivity contribution < 1.29 is 9.29 Å². The molecule has 0 atom stereocenters. The van der Waals surface area contributed by atoms with Crippen molar-refractivity contribution in [3.8, 4) is 0 Å². The highest BCUT2D eigenvalue weighted by Gasteiger charge is 2.22. The molecule has 1 aliphatic rings. The number of nitrogens with zero attached hydrogens (tertiary/aromatic N) is 1. The number of quaternary nitrogens is 1. The summed E-state index contributed by atoms with van der Waals surface area (Å²) in [6.45, 7) is 6.51. The van der Waals surface area contributed by atoms with Gasteiger partial charge in [-0.1, -0.05) is 35.9 Å². The van der Waals surface area contributed by atoms with Crippen molar-refractivity contribution in [3.05, 3.63) is 65.5 Å². The lowest BCUT2D eigenvalue weighted by molar-refractivity contribution is -0.917. The van der Waals surface area contributed by atoms with Crippen LogP contribution in [-0.2, 0) is 6.54 Å². The number of thiocarbonyl (C=S) groups is 1. The van der Waals surface area contributed by atoms with E-state index in [0.29, 0.717) is 0 Å². The second-order valence-corrected chi connectivity index (χ2v) is 6.69. The van der Waals surface area contributed by atoms with E-state index in [-0.39, 0.29) is 5.82 Å². The summed E-state index contributed by atoms with van der Waals surface area (Å²) in [7, 11) is 0. The summed E-state index contributed by atoms with van der Waals surface area (Å²) in [5.41, 5.74) is 3.05. The maximum absolute atomic E-state index is 13.8. The zero-order valence-electron chi connectivity index (χ0n) is 13.9. The third-order valence-electron chi connectivity index (χ3n) is 4.46. The van der Waals surface area contributed by atoms with Crippen LogP contribution in [0, 0.1) is 12.7 Å². The summed E-state index contributed by atoms with van der Waals surface area (Å²) in [5.74, 6) is -0.107. The van der Waals surface area contributed by atoms with Crippen LogP contribution in [0.2, 0.25) is 0 Å². The van der Waals surface area contributed by atoms with Gasteiger partial charge in [0.05, 0.1) is 26.2 Å². The summed E-state index contributed by atoms with van der Waals surface area (Å²) in [6.07, 6.45) is 0. The van der Waals surface area contributed by atoms with E-state index in [9.17, 15) is 4.39 Å². The minimum absolute atomic E-state index is 0.107. The van der Waals surface area contributed by atoms with Gasteiger partial charge in [0.1, 0.15) is 12.4 Å². The Kier molecular flexibility index (Phi) is 5.43. The normalized spacial score (nSPS) is 15.3. The molecule has 1 fully saturated rings. The molecule has 1 heterocycles. The van der Waals surface area contributed by atoms with Gasteiger partial charge >= 0.3 is 0 Å². The van der Waals surface area contributed by atoms with Crippen LogP contribution in [0.3, 0.4) is 0 Å². The van der Waals surface area contributed by atoms with Crippen LogP contribution in [0.4, 0.5) is 10.1 Å². The number of rotatable bonds is 3. The number of nitrogens with one attached hydrogen (secondary N) is 2. The van der Waals surface area contributed by atoms with Gasteiger partial charge in [0, 0.05) is 11.3 Å². The smallest absolute Gasteiger partial charge is 0.173 e. The number of piperazine rings is 1. The number of halogens is 1. The fraction of sp³-hybridized carbons (Fsp3) is 0.316. The lowest BCUT2D eigenvalue weighted by Gasteiger charge is -2.34. The monoisotopic (exact) mass is 344 g/mol. The highest BCUT2D eigenvalue weighted by molar-refractivity contribution is 7.80. The van der Waals surface area contributed by atoms with Crippen molar-refractivity contribution in [2.45, 2.75) is 13.5 Å². The van der Waals surface area contributed by atoms with Crippen molar-refractivity contribution in [1.29, 1.82) is 0 Å². The molecule has 1 saturated heterocycles. The minimum atomic E-state index is -0.107. The average molecular weight is 344 g/mol. The zero-order valence-corrected chi connectivity index (χ0v) is 14.7. The topological polar surface area (TPSA) is 19.7 Å². The molecule has 126 valence electrons. The molecule has 2 aromatic rings. The lowest BCUT2D eigenvalue weighted by atomic mass is 10.2. The standard InChI is InChI=1S/C19H22FN3S/c1-15-6-8-17(9-7-15)21-19(24)23-12-10-22(11-13-23)14-16-4-2-3-5-18(16)20/h2-9H,10-14H2,1H3,(H,21,24)/p+1. The van der Waals surface area contributed by atoms with Gasteiger partial charge in [-0.25, -0.2) is 4.39 Å². The number of aryl methyl sites for hydroxylation is 1. The Bertz CT molecular complexity index is 694. The van der Waals surface area contributed by atoms with Crippen LogP contribution in [0.15, 0.2) is 48.5 Å². The third kappa shape index (κ3) is 4.30. The van der Waals surface area contributed by atoms with Gasteiger partial charge in [0.25, 0.3) is 0 Å². The second-order valence-electron chi connectivity index (χ2n) is 6.30. The Labute approximate surface area is 148 Å². The molecule has 0 saturated carbocycles. The van der Waals surface area contributed by atoms with E-state index in [4.69, 9.17) is 12.2 Å². The molecule has 2 aromatic carbocycles. The molecule has 0 aromatic heterocycles. The van der Waals surface area contributed by atoms with Crippen LogP contribution in [-0.4, -0.2) is 36.2 Å². The van der Waals surface area contributed by atoms with Crippen molar-refractivity contribution in [3.63, 3.8) is 0 Å². The van der Waals surface area contributed by atoms with Crippen molar-refractivity contribution >= 4 is 23.0 Å². The van der Waals surface area contributed by atoms with E-state index in [1.807, 2.05) is 24.3 Å². The Morgan fingerprint density at radius 3 is 2.46 bits per heavy atom. The van der Waals surface area contributed by atoms with Gasteiger partial charge in [0.2, 0.25) is 0 Å². The molecule has 24 heavy (non-hydrogen) atoms. The first-order chi connectivity index (χ1) is 11.6. The molecule has 0 spiro atoms. The van der Waals surface area contributed by atoms with Gasteiger partial charge in [-0.3, -0.25) is 0 Å². The number of anilines is 1. The molecule has 0 amide bonds. The highest BCUT2D eigenvalue weighted by Crippen LogP contribution is 2.10. The summed E-state index contributed by atoms with van der Waals surface area (Å²) in [4.78, 5) is 3.59. The summed E-state index contributed by atoms with van der Waals surface area (Å²) < 4.78 is 13.8. The van der Waals surface area contributed by atoms with E-state index < -0.39 is 0 Å². The summed E-state index contributed by atoms with van der Waals surface area (Å²) in [5, 5.41) is 4.07. The fourth-order valence-electron chi connectivity index (χ4n) is 2.95. The number of hydrogen-bond donors (Lipinski definition) is 2. The van der Waals surface area contributed by atoms with E-state index in [0.717, 1.165) is 49.1 Å². The van der Waals surface area contributed by atoms with Crippen LogP contribution >= 0.6 is 12.2 Å².